The molecule has 228 valence electrons. The molecule has 0 saturated heterocycles. The first-order valence-corrected chi connectivity index (χ1v) is 16.3. The fourth-order valence-corrected chi connectivity index (χ4v) is 7.75. The Morgan fingerprint density at radius 1 is 0.312 bits per heavy atom. The van der Waals surface area contributed by atoms with E-state index in [-0.39, 0.29) is 0 Å². The molecule has 0 saturated carbocycles. The monoisotopic (exact) mass is 618 g/mol. The zero-order valence-electron chi connectivity index (χ0n) is 26.0. The Bertz CT molecular complexity index is 2360. The fraction of sp³-hybridized carbons (Fsp3) is 0.0233. The van der Waals surface area contributed by atoms with Gasteiger partial charge in [-0.05, 0) is 72.8 Å². The Balaban J connectivity index is 1.41. The molecule has 2 aliphatic rings. The van der Waals surface area contributed by atoms with E-state index < -0.39 is 5.91 Å². The molecule has 1 aromatic heterocycles. The second-order valence-electron chi connectivity index (χ2n) is 12.2. The van der Waals surface area contributed by atoms with E-state index in [0.717, 1.165) is 67.4 Å². The van der Waals surface area contributed by atoms with E-state index in [2.05, 4.69) is 189 Å². The maximum Gasteiger partial charge on any atom is 0.295 e. The van der Waals surface area contributed by atoms with Crippen LogP contribution in [0, 0.1) is 0 Å². The summed E-state index contributed by atoms with van der Waals surface area (Å²) in [5, 5.41) is 2.19. The highest BCUT2D eigenvalue weighted by Gasteiger charge is 2.64. The predicted molar refractivity (Wildman–Crippen MR) is 197 cm³/mol. The molecular weight excluding hydrogens is 589 g/mol. The largest absolute Gasteiger partial charge is 0.456 e. The standard InChI is InChI=1S/C43H30N4O/c1-5-17-31(18-6-1)44-37-26-14-15-27-38(37)45(32-19-7-2-8-20-32)43(44)46(33-21-9-3-10-22-33)39-29-36-35-25-13-16-28-41(35)48-42(36)30-40(39)47(43)34-23-11-4-12-24-34/h1-30H. The van der Waals surface area contributed by atoms with E-state index in [0.29, 0.717) is 0 Å². The molecule has 7 aromatic carbocycles. The van der Waals surface area contributed by atoms with Crippen molar-refractivity contribution in [1.29, 1.82) is 0 Å². The van der Waals surface area contributed by atoms with Crippen LogP contribution in [0.25, 0.3) is 21.9 Å². The minimum atomic E-state index is -0.980. The van der Waals surface area contributed by atoms with Gasteiger partial charge in [-0.15, -0.1) is 0 Å². The fourth-order valence-electron chi connectivity index (χ4n) is 7.75. The summed E-state index contributed by atoms with van der Waals surface area (Å²) in [6.45, 7) is 0. The SMILES string of the molecule is c1ccc(N2c3ccccc3N(c3ccccc3)C23N(c2ccccc2)c2cc4oc5ccccc5c4cc2N3c2ccccc2)cc1. The van der Waals surface area contributed by atoms with Gasteiger partial charge in [-0.3, -0.25) is 19.6 Å². The van der Waals surface area contributed by atoms with Gasteiger partial charge in [0.15, 0.2) is 0 Å². The molecule has 8 aromatic rings. The third kappa shape index (κ3) is 3.61. The highest BCUT2D eigenvalue weighted by Crippen LogP contribution is 2.64. The predicted octanol–water partition coefficient (Wildman–Crippen LogP) is 11.5. The second kappa shape index (κ2) is 10.3. The number of nitrogens with zero attached hydrogens (tertiary/aromatic N) is 4. The van der Waals surface area contributed by atoms with Gasteiger partial charge in [0.05, 0.1) is 22.7 Å². The number of anilines is 8. The molecule has 1 spiro atoms. The maximum absolute atomic E-state index is 6.57. The van der Waals surface area contributed by atoms with Crippen molar-refractivity contribution in [3.8, 4) is 0 Å². The van der Waals surface area contributed by atoms with Gasteiger partial charge in [-0.2, -0.15) is 0 Å². The van der Waals surface area contributed by atoms with E-state index in [4.69, 9.17) is 4.42 Å². The minimum absolute atomic E-state index is 0.856. The van der Waals surface area contributed by atoms with E-state index in [9.17, 15) is 0 Å². The maximum atomic E-state index is 6.57. The van der Waals surface area contributed by atoms with Crippen molar-refractivity contribution in [2.24, 2.45) is 0 Å². The lowest BCUT2D eigenvalue weighted by molar-refractivity contribution is 0.479. The van der Waals surface area contributed by atoms with Crippen molar-refractivity contribution in [2.45, 2.75) is 5.91 Å². The molecule has 0 N–H and O–H groups in total. The number of rotatable bonds is 4. The van der Waals surface area contributed by atoms with Gasteiger partial charge in [0.25, 0.3) is 5.91 Å². The van der Waals surface area contributed by atoms with Crippen molar-refractivity contribution in [3.05, 3.63) is 182 Å². The molecular formula is C43H30N4O. The Morgan fingerprint density at radius 2 is 0.688 bits per heavy atom. The lowest BCUT2D eigenvalue weighted by Gasteiger charge is -2.53. The summed E-state index contributed by atoms with van der Waals surface area (Å²) in [6, 6.07) is 64.6. The van der Waals surface area contributed by atoms with Crippen LogP contribution in [0.2, 0.25) is 0 Å². The molecule has 0 bridgehead atoms. The summed E-state index contributed by atoms with van der Waals surface area (Å²) in [5.74, 6) is -0.980. The minimum Gasteiger partial charge on any atom is -0.456 e. The molecule has 0 unspecified atom stereocenters. The molecule has 2 aliphatic heterocycles. The molecule has 0 aliphatic carbocycles. The topological polar surface area (TPSA) is 26.1 Å². The number of fused-ring (bicyclic) bond motifs is 5. The number of para-hydroxylation sites is 7. The van der Waals surface area contributed by atoms with Gasteiger partial charge in [0, 0.05) is 39.6 Å². The van der Waals surface area contributed by atoms with E-state index >= 15 is 0 Å². The highest BCUT2D eigenvalue weighted by molar-refractivity contribution is 6.11. The average Bonchev–Trinajstić information content (AvgIpc) is 3.76. The summed E-state index contributed by atoms with van der Waals surface area (Å²) < 4.78 is 6.57. The number of hydrogen-bond acceptors (Lipinski definition) is 5. The summed E-state index contributed by atoms with van der Waals surface area (Å²) in [5.41, 5.74) is 10.4. The van der Waals surface area contributed by atoms with Crippen LogP contribution in [0.5, 0.6) is 0 Å². The zero-order chi connectivity index (χ0) is 31.7. The lowest BCUT2D eigenvalue weighted by Crippen LogP contribution is -2.70. The Kier molecular flexibility index (Phi) is 5.72. The normalized spacial score (nSPS) is 14.7. The van der Waals surface area contributed by atoms with Gasteiger partial charge < -0.3 is 4.42 Å². The van der Waals surface area contributed by atoms with Crippen molar-refractivity contribution < 1.29 is 4.42 Å². The van der Waals surface area contributed by atoms with Crippen molar-refractivity contribution in [2.75, 3.05) is 19.6 Å². The number of benzene rings is 7. The van der Waals surface area contributed by atoms with E-state index in [1.807, 2.05) is 12.1 Å². The van der Waals surface area contributed by atoms with Crippen LogP contribution in [-0.4, -0.2) is 5.91 Å². The smallest absolute Gasteiger partial charge is 0.295 e. The van der Waals surface area contributed by atoms with Crippen LogP contribution in [0.3, 0.4) is 0 Å². The third-order valence-electron chi connectivity index (χ3n) is 9.58. The van der Waals surface area contributed by atoms with Crippen LogP contribution >= 0.6 is 0 Å². The summed E-state index contributed by atoms with van der Waals surface area (Å²) in [6.07, 6.45) is 0. The van der Waals surface area contributed by atoms with Crippen molar-refractivity contribution >= 4 is 67.4 Å². The van der Waals surface area contributed by atoms with Crippen LogP contribution < -0.4 is 19.6 Å². The van der Waals surface area contributed by atoms with Crippen LogP contribution in [0.1, 0.15) is 0 Å². The number of hydrogen-bond donors (Lipinski definition) is 0. The summed E-state index contributed by atoms with van der Waals surface area (Å²) in [7, 11) is 0. The van der Waals surface area contributed by atoms with E-state index in [1.54, 1.807) is 0 Å². The molecule has 48 heavy (non-hydrogen) atoms. The number of furan rings is 1. The summed E-state index contributed by atoms with van der Waals surface area (Å²) in [4.78, 5) is 9.99. The van der Waals surface area contributed by atoms with Crippen LogP contribution in [0.4, 0.5) is 45.5 Å². The molecule has 5 nitrogen and oxygen atoms in total. The quantitative estimate of drug-likeness (QED) is 0.196. The molecule has 5 heteroatoms. The first-order valence-electron chi connectivity index (χ1n) is 16.3. The first-order chi connectivity index (χ1) is 23.8. The molecule has 3 heterocycles. The van der Waals surface area contributed by atoms with Crippen LogP contribution in [0.15, 0.2) is 186 Å². The van der Waals surface area contributed by atoms with Gasteiger partial charge in [-0.25, -0.2) is 0 Å². The molecule has 0 atom stereocenters. The first kappa shape index (κ1) is 26.7. The Morgan fingerprint density at radius 3 is 1.17 bits per heavy atom. The van der Waals surface area contributed by atoms with Gasteiger partial charge in [0.2, 0.25) is 0 Å². The highest BCUT2D eigenvalue weighted by atomic mass is 16.3. The second-order valence-corrected chi connectivity index (χ2v) is 12.2. The summed E-state index contributed by atoms with van der Waals surface area (Å²) >= 11 is 0. The van der Waals surface area contributed by atoms with E-state index in [1.165, 1.54) is 0 Å². The molecule has 0 radical (unpaired) electrons. The Hall–Kier alpha value is -6.46. The molecule has 0 fully saturated rings. The lowest BCUT2D eigenvalue weighted by atomic mass is 10.1. The molecule has 0 amide bonds. The van der Waals surface area contributed by atoms with Crippen LogP contribution in [-0.2, 0) is 0 Å². The van der Waals surface area contributed by atoms with Gasteiger partial charge >= 0.3 is 0 Å². The third-order valence-corrected chi connectivity index (χ3v) is 9.58. The average molecular weight is 619 g/mol. The van der Waals surface area contributed by atoms with Crippen molar-refractivity contribution in [3.63, 3.8) is 0 Å². The zero-order valence-corrected chi connectivity index (χ0v) is 26.0. The molecule has 10 rings (SSSR count). The van der Waals surface area contributed by atoms with Gasteiger partial charge in [0.1, 0.15) is 11.2 Å². The van der Waals surface area contributed by atoms with Crippen molar-refractivity contribution in [1.82, 2.24) is 0 Å². The Labute approximate surface area is 278 Å². The van der Waals surface area contributed by atoms with Gasteiger partial charge in [-0.1, -0.05) is 103 Å².